The first-order valence-electron chi connectivity index (χ1n) is 5.63. The van der Waals surface area contributed by atoms with Crippen LogP contribution in [0.2, 0.25) is 0 Å². The minimum atomic E-state index is -0.964. The van der Waals surface area contributed by atoms with E-state index in [9.17, 15) is 13.6 Å². The van der Waals surface area contributed by atoms with Crippen molar-refractivity contribution in [3.8, 4) is 23.1 Å². The third kappa shape index (κ3) is 2.73. The number of nitriles is 1. The molecule has 0 aliphatic rings. The van der Waals surface area contributed by atoms with Crippen LogP contribution in [-0.4, -0.2) is 23.3 Å². The molecule has 108 valence electrons. The molecule has 1 heterocycles. The van der Waals surface area contributed by atoms with Crippen molar-refractivity contribution in [2.45, 2.75) is 5.16 Å². The molecule has 1 aromatic heterocycles. The zero-order valence-electron chi connectivity index (χ0n) is 11.0. The first-order valence-corrected chi connectivity index (χ1v) is 6.86. The third-order valence-electron chi connectivity index (χ3n) is 2.68. The maximum Gasteiger partial charge on any atom is 0.270 e. The Bertz CT molecular complexity index is 799. The molecule has 2 rings (SSSR count). The van der Waals surface area contributed by atoms with E-state index in [2.05, 4.69) is 9.97 Å². The van der Waals surface area contributed by atoms with Crippen molar-refractivity contribution in [2.75, 3.05) is 13.4 Å². The average Bonchev–Trinajstić information content (AvgIpc) is 2.45. The van der Waals surface area contributed by atoms with E-state index in [-0.39, 0.29) is 27.7 Å². The quantitative estimate of drug-likeness (QED) is 0.695. The van der Waals surface area contributed by atoms with Crippen LogP contribution in [0, 0.1) is 23.0 Å². The predicted octanol–water partition coefficient (Wildman–Crippen LogP) is 2.32. The smallest absolute Gasteiger partial charge is 0.270 e. The molecule has 0 aliphatic carbocycles. The zero-order valence-corrected chi connectivity index (χ0v) is 11.8. The number of aromatic nitrogens is 2. The highest BCUT2D eigenvalue weighted by Gasteiger charge is 2.21. The number of nitrogens with one attached hydrogen (secondary N) is 1. The van der Waals surface area contributed by atoms with Crippen molar-refractivity contribution in [3.05, 3.63) is 39.7 Å². The maximum atomic E-state index is 14.1. The Morgan fingerprint density at radius 1 is 1.43 bits per heavy atom. The van der Waals surface area contributed by atoms with Crippen LogP contribution in [0.5, 0.6) is 5.75 Å². The number of nitrogens with zero attached hydrogens (tertiary/aromatic N) is 2. The molecule has 0 atom stereocenters. The molecule has 0 amide bonds. The van der Waals surface area contributed by atoms with Crippen molar-refractivity contribution in [1.82, 2.24) is 9.97 Å². The fraction of sp³-hybridized carbons (Fsp3) is 0.154. The third-order valence-corrected chi connectivity index (χ3v) is 3.26. The predicted molar refractivity (Wildman–Crippen MR) is 73.3 cm³/mol. The second-order valence-electron chi connectivity index (χ2n) is 3.88. The van der Waals surface area contributed by atoms with Crippen molar-refractivity contribution in [2.24, 2.45) is 0 Å². The topological polar surface area (TPSA) is 78.8 Å². The van der Waals surface area contributed by atoms with Crippen molar-refractivity contribution < 1.29 is 13.5 Å². The number of hydrogen-bond acceptors (Lipinski definition) is 5. The van der Waals surface area contributed by atoms with E-state index in [0.717, 1.165) is 17.8 Å². The van der Waals surface area contributed by atoms with E-state index < -0.39 is 17.2 Å². The van der Waals surface area contributed by atoms with Crippen LogP contribution in [0.15, 0.2) is 22.1 Å². The van der Waals surface area contributed by atoms with Gasteiger partial charge in [0.2, 0.25) is 0 Å². The van der Waals surface area contributed by atoms with Crippen LogP contribution in [0.25, 0.3) is 11.3 Å². The van der Waals surface area contributed by atoms with Crippen LogP contribution >= 0.6 is 11.8 Å². The molecule has 0 spiro atoms. The maximum absolute atomic E-state index is 14.1. The number of H-pyrrole nitrogens is 1. The molecule has 0 bridgehead atoms. The largest absolute Gasteiger partial charge is 0.496 e. The fourth-order valence-electron chi connectivity index (χ4n) is 1.77. The fourth-order valence-corrected chi connectivity index (χ4v) is 2.15. The van der Waals surface area contributed by atoms with Gasteiger partial charge < -0.3 is 9.72 Å². The van der Waals surface area contributed by atoms with E-state index in [1.165, 1.54) is 7.11 Å². The Hall–Kier alpha value is -2.40. The number of hydrogen-bond donors (Lipinski definition) is 1. The summed E-state index contributed by atoms with van der Waals surface area (Å²) in [5, 5.41) is 9.29. The van der Waals surface area contributed by atoms with Gasteiger partial charge in [-0.05, 0) is 6.26 Å². The van der Waals surface area contributed by atoms with Gasteiger partial charge in [0.05, 0.1) is 12.7 Å². The first-order chi connectivity index (χ1) is 10.0. The van der Waals surface area contributed by atoms with Gasteiger partial charge in [-0.15, -0.1) is 0 Å². The number of methoxy groups -OCH3 is 1. The van der Waals surface area contributed by atoms with Crippen LogP contribution in [0.3, 0.4) is 0 Å². The minimum Gasteiger partial charge on any atom is -0.496 e. The molecular weight excluding hydrogens is 300 g/mol. The average molecular weight is 309 g/mol. The number of benzene rings is 1. The van der Waals surface area contributed by atoms with Gasteiger partial charge in [0.1, 0.15) is 34.7 Å². The highest BCUT2D eigenvalue weighted by atomic mass is 32.2. The van der Waals surface area contributed by atoms with Gasteiger partial charge in [-0.3, -0.25) is 4.79 Å². The molecule has 0 saturated heterocycles. The molecule has 2 aromatic rings. The second kappa shape index (κ2) is 5.93. The zero-order chi connectivity index (χ0) is 15.6. The Morgan fingerprint density at radius 3 is 2.71 bits per heavy atom. The monoisotopic (exact) mass is 309 g/mol. The molecule has 0 radical (unpaired) electrons. The second-order valence-corrected chi connectivity index (χ2v) is 4.67. The van der Waals surface area contributed by atoms with Gasteiger partial charge in [0.25, 0.3) is 5.56 Å². The van der Waals surface area contributed by atoms with Gasteiger partial charge in [-0.25, -0.2) is 13.8 Å². The number of ether oxygens (including phenoxy) is 1. The highest BCUT2D eigenvalue weighted by molar-refractivity contribution is 7.98. The van der Waals surface area contributed by atoms with Crippen molar-refractivity contribution >= 4 is 11.8 Å². The molecule has 0 saturated carbocycles. The molecule has 0 unspecified atom stereocenters. The molecule has 0 aliphatic heterocycles. The summed E-state index contributed by atoms with van der Waals surface area (Å²) in [4.78, 5) is 18.3. The highest BCUT2D eigenvalue weighted by Crippen LogP contribution is 2.33. The Labute approximate surface area is 122 Å². The number of rotatable bonds is 3. The van der Waals surface area contributed by atoms with E-state index in [1.807, 2.05) is 0 Å². The Balaban J connectivity index is 2.87. The lowest BCUT2D eigenvalue weighted by molar-refractivity contribution is 0.408. The molecule has 8 heteroatoms. The van der Waals surface area contributed by atoms with Crippen LogP contribution in [-0.2, 0) is 0 Å². The van der Waals surface area contributed by atoms with E-state index in [1.54, 1.807) is 12.3 Å². The summed E-state index contributed by atoms with van der Waals surface area (Å²) < 4.78 is 32.2. The number of thioether (sulfide) groups is 1. The molecular formula is C13H9F2N3O2S. The SMILES string of the molecule is COc1cc(F)cc(F)c1-c1nc(SC)[nH]c(=O)c1C#N. The standard InChI is InChI=1S/C13H9F2N3O2S/c1-20-9-4-6(14)3-8(15)10(9)11-7(5-16)12(19)18-13(17-11)21-2/h3-4H,1-2H3,(H,17,18,19). The van der Waals surface area contributed by atoms with Crippen LogP contribution in [0.1, 0.15) is 5.56 Å². The van der Waals surface area contributed by atoms with E-state index in [4.69, 9.17) is 10.00 Å². The Kier molecular flexibility index (Phi) is 4.23. The lowest BCUT2D eigenvalue weighted by Gasteiger charge is -2.11. The van der Waals surface area contributed by atoms with Crippen molar-refractivity contribution in [3.63, 3.8) is 0 Å². The minimum absolute atomic E-state index is 0.144. The first kappa shape index (κ1) is 15.0. The lowest BCUT2D eigenvalue weighted by atomic mass is 10.1. The van der Waals surface area contributed by atoms with Gasteiger partial charge in [-0.2, -0.15) is 5.26 Å². The number of halogens is 2. The molecule has 21 heavy (non-hydrogen) atoms. The van der Waals surface area contributed by atoms with Gasteiger partial charge >= 0.3 is 0 Å². The lowest BCUT2D eigenvalue weighted by Crippen LogP contribution is -2.15. The summed E-state index contributed by atoms with van der Waals surface area (Å²) in [6, 6.07) is 3.27. The van der Waals surface area contributed by atoms with Crippen molar-refractivity contribution in [1.29, 1.82) is 5.26 Å². The van der Waals surface area contributed by atoms with Gasteiger partial charge in [0.15, 0.2) is 5.16 Å². The van der Waals surface area contributed by atoms with Gasteiger partial charge in [0, 0.05) is 12.1 Å². The Morgan fingerprint density at radius 2 is 2.14 bits per heavy atom. The molecule has 0 fully saturated rings. The summed E-state index contributed by atoms with van der Waals surface area (Å²) in [6.07, 6.45) is 1.66. The molecule has 5 nitrogen and oxygen atoms in total. The summed E-state index contributed by atoms with van der Waals surface area (Å²) in [7, 11) is 1.23. The normalized spacial score (nSPS) is 10.2. The molecule has 1 N–H and O–H groups in total. The van der Waals surface area contributed by atoms with E-state index >= 15 is 0 Å². The van der Waals surface area contributed by atoms with Gasteiger partial charge in [-0.1, -0.05) is 11.8 Å². The summed E-state index contributed by atoms with van der Waals surface area (Å²) in [5.41, 5.74) is -1.47. The summed E-state index contributed by atoms with van der Waals surface area (Å²) in [6.45, 7) is 0. The number of aromatic amines is 1. The van der Waals surface area contributed by atoms with E-state index in [0.29, 0.717) is 6.07 Å². The van der Waals surface area contributed by atoms with Crippen LogP contribution in [0.4, 0.5) is 8.78 Å². The summed E-state index contributed by atoms with van der Waals surface area (Å²) in [5.74, 6) is -1.94. The van der Waals surface area contributed by atoms with Crippen LogP contribution < -0.4 is 10.3 Å². The summed E-state index contributed by atoms with van der Waals surface area (Å²) >= 11 is 1.12. The molecule has 1 aromatic carbocycles.